The van der Waals surface area contributed by atoms with Gasteiger partial charge in [0.25, 0.3) is 0 Å². The second-order valence-corrected chi connectivity index (χ2v) is 6.46. The summed E-state index contributed by atoms with van der Waals surface area (Å²) >= 11 is 0. The fourth-order valence-corrected chi connectivity index (χ4v) is 2.43. The number of fused-ring (bicyclic) bond motifs is 1. The Labute approximate surface area is 136 Å². The van der Waals surface area contributed by atoms with Gasteiger partial charge in [-0.2, -0.15) is 0 Å². The third-order valence-electron chi connectivity index (χ3n) is 3.57. The van der Waals surface area contributed by atoms with E-state index in [0.29, 0.717) is 11.2 Å². The molecule has 1 fully saturated rings. The first kappa shape index (κ1) is 17.8. The predicted octanol–water partition coefficient (Wildman–Crippen LogP) is -0.803. The average molecular weight is 339 g/mol. The molecule has 0 unspecified atom stereocenters. The van der Waals surface area contributed by atoms with Gasteiger partial charge in [0.05, 0.1) is 12.9 Å². The van der Waals surface area contributed by atoms with Gasteiger partial charge in [0.15, 0.2) is 17.7 Å². The Morgan fingerprint density at radius 3 is 2.61 bits per heavy atom. The van der Waals surface area contributed by atoms with Crippen molar-refractivity contribution in [1.29, 1.82) is 0 Å². The second-order valence-electron chi connectivity index (χ2n) is 5.46. The van der Waals surface area contributed by atoms with E-state index in [1.54, 1.807) is 0 Å². The fourth-order valence-electron chi connectivity index (χ4n) is 2.43. The Hall–Kier alpha value is -1.59. The smallest absolute Gasteiger partial charge is 0.168 e. The summed E-state index contributed by atoms with van der Waals surface area (Å²) in [4.78, 5) is 12.0. The average Bonchev–Trinajstić information content (AvgIpc) is 3.02. The molecule has 1 saturated heterocycles. The van der Waals surface area contributed by atoms with Gasteiger partial charge in [0.2, 0.25) is 0 Å². The van der Waals surface area contributed by atoms with Gasteiger partial charge in [-0.1, -0.05) is 13.1 Å². The predicted molar refractivity (Wildman–Crippen MR) is 84.8 cm³/mol. The van der Waals surface area contributed by atoms with E-state index in [9.17, 15) is 15.3 Å². The molecular formula is C13H21N5O4Si. The van der Waals surface area contributed by atoms with E-state index in [1.165, 1.54) is 24.1 Å². The molecule has 3 rings (SSSR count). The number of ether oxygens (including phenoxy) is 1. The summed E-state index contributed by atoms with van der Waals surface area (Å²) in [6, 6.07) is 0. The third kappa shape index (κ3) is 3.08. The van der Waals surface area contributed by atoms with Crippen LogP contribution in [0.1, 0.15) is 13.2 Å². The van der Waals surface area contributed by atoms with Gasteiger partial charge in [0.1, 0.15) is 29.7 Å². The number of imidazole rings is 1. The van der Waals surface area contributed by atoms with Crippen LogP contribution in [0.5, 0.6) is 0 Å². The van der Waals surface area contributed by atoms with Gasteiger partial charge < -0.3 is 25.8 Å². The lowest BCUT2D eigenvalue weighted by atomic mass is 9.96. The van der Waals surface area contributed by atoms with Crippen molar-refractivity contribution >= 4 is 26.5 Å². The molecule has 0 aromatic carbocycles. The van der Waals surface area contributed by atoms with Crippen molar-refractivity contribution in [3.05, 3.63) is 12.7 Å². The molecule has 2 aromatic rings. The van der Waals surface area contributed by atoms with Crippen LogP contribution < -0.4 is 5.73 Å². The Kier molecular flexibility index (Phi) is 5.32. The molecule has 5 N–H and O–H groups in total. The van der Waals surface area contributed by atoms with Crippen LogP contribution in [-0.4, -0.2) is 68.8 Å². The van der Waals surface area contributed by atoms with E-state index >= 15 is 0 Å². The van der Waals surface area contributed by atoms with Crippen molar-refractivity contribution in [3.8, 4) is 0 Å². The van der Waals surface area contributed by atoms with Gasteiger partial charge in [-0.15, -0.1) is 0 Å². The molecule has 2 radical (unpaired) electrons. The van der Waals surface area contributed by atoms with E-state index in [-0.39, 0.29) is 5.82 Å². The number of hydrogen-bond acceptors (Lipinski definition) is 8. The topological polar surface area (TPSA) is 140 Å². The number of aliphatic hydroxyl groups is 3. The lowest BCUT2D eigenvalue weighted by Gasteiger charge is -2.27. The van der Waals surface area contributed by atoms with Crippen molar-refractivity contribution in [2.45, 2.75) is 44.1 Å². The minimum atomic E-state index is -1.60. The van der Waals surface area contributed by atoms with Gasteiger partial charge in [-0.05, 0) is 6.92 Å². The maximum absolute atomic E-state index is 10.4. The third-order valence-corrected chi connectivity index (χ3v) is 3.57. The quantitative estimate of drug-likeness (QED) is 0.521. The number of aromatic nitrogens is 4. The monoisotopic (exact) mass is 339 g/mol. The number of nitrogens with zero attached hydrogens (tertiary/aromatic N) is 4. The number of anilines is 1. The number of aliphatic hydroxyl groups excluding tert-OH is 2. The van der Waals surface area contributed by atoms with E-state index in [1.807, 2.05) is 0 Å². The largest absolute Gasteiger partial charge is 0.394 e. The molecule has 126 valence electrons. The van der Waals surface area contributed by atoms with E-state index < -0.39 is 30.6 Å². The van der Waals surface area contributed by atoms with Crippen LogP contribution in [0, 0.1) is 0 Å². The highest BCUT2D eigenvalue weighted by atomic mass is 28.2. The van der Waals surface area contributed by atoms with Gasteiger partial charge >= 0.3 is 0 Å². The Morgan fingerprint density at radius 2 is 2.04 bits per heavy atom. The summed E-state index contributed by atoms with van der Waals surface area (Å²) in [6.07, 6.45) is -0.365. The Balaban J connectivity index is 0.000000595. The molecule has 0 amide bonds. The van der Waals surface area contributed by atoms with Gasteiger partial charge in [0, 0.05) is 9.52 Å². The van der Waals surface area contributed by atoms with E-state index in [4.69, 9.17) is 10.5 Å². The zero-order valence-electron chi connectivity index (χ0n) is 13.2. The minimum Gasteiger partial charge on any atom is -0.394 e. The summed E-state index contributed by atoms with van der Waals surface area (Å²) in [5.74, 6) is 0.214. The van der Waals surface area contributed by atoms with Crippen LogP contribution in [0.4, 0.5) is 5.82 Å². The zero-order valence-corrected chi connectivity index (χ0v) is 14.2. The summed E-state index contributed by atoms with van der Waals surface area (Å²) in [6.45, 7) is 5.33. The SMILES string of the molecule is C[C@@]1(O)[C@H](O)[C@@H](CO)O[C@H]1n1cnc2c(N)ncnc21.C[Si]C. The number of rotatable bonds is 2. The molecular weight excluding hydrogens is 318 g/mol. The van der Waals surface area contributed by atoms with Crippen molar-refractivity contribution in [1.82, 2.24) is 19.5 Å². The van der Waals surface area contributed by atoms with Crippen molar-refractivity contribution in [3.63, 3.8) is 0 Å². The highest BCUT2D eigenvalue weighted by molar-refractivity contribution is 6.31. The van der Waals surface area contributed by atoms with E-state index in [0.717, 1.165) is 9.52 Å². The molecule has 0 bridgehead atoms. The van der Waals surface area contributed by atoms with Crippen molar-refractivity contribution < 1.29 is 20.1 Å². The molecule has 0 saturated carbocycles. The molecule has 10 heteroatoms. The van der Waals surface area contributed by atoms with E-state index in [2.05, 4.69) is 28.0 Å². The molecule has 1 aliphatic rings. The maximum atomic E-state index is 10.4. The Morgan fingerprint density at radius 1 is 1.39 bits per heavy atom. The standard InChI is InChI=1S/C11H15N5O4.C2H6Si/c1-11(19)7(18)5(2-17)20-10(11)16-4-15-6-8(12)13-3-14-9(6)16;1-3-2/h3-5,7,10,17-19H,2H2,1H3,(H2,12,13,14);1-2H3/t5-,7-,10-,11-;/m1./s1. The second kappa shape index (κ2) is 6.89. The first-order chi connectivity index (χ1) is 10.9. The minimum absolute atomic E-state index is 0.214. The van der Waals surface area contributed by atoms with Crippen molar-refractivity contribution in [2.75, 3.05) is 12.3 Å². The molecule has 2 aromatic heterocycles. The molecule has 23 heavy (non-hydrogen) atoms. The first-order valence-electron chi connectivity index (χ1n) is 7.06. The van der Waals surface area contributed by atoms with Crippen LogP contribution in [0.15, 0.2) is 12.7 Å². The summed E-state index contributed by atoms with van der Waals surface area (Å²) in [7, 11) is 1.08. The first-order valence-corrected chi connectivity index (χ1v) is 9.06. The molecule has 1 aliphatic heterocycles. The summed E-state index contributed by atoms with van der Waals surface area (Å²) in [5, 5.41) is 29.6. The highest BCUT2D eigenvalue weighted by Crippen LogP contribution is 2.39. The zero-order chi connectivity index (χ0) is 17.2. The molecule has 0 spiro atoms. The van der Waals surface area contributed by atoms with Crippen LogP contribution in [-0.2, 0) is 4.74 Å². The molecule has 3 heterocycles. The number of nitrogens with two attached hydrogens (primary N) is 1. The lowest BCUT2D eigenvalue weighted by Crippen LogP contribution is -2.44. The normalized spacial score (nSPS) is 30.3. The van der Waals surface area contributed by atoms with Gasteiger partial charge in [-0.3, -0.25) is 4.57 Å². The van der Waals surface area contributed by atoms with Crippen LogP contribution >= 0.6 is 0 Å². The molecule has 9 nitrogen and oxygen atoms in total. The van der Waals surface area contributed by atoms with Crippen LogP contribution in [0.3, 0.4) is 0 Å². The van der Waals surface area contributed by atoms with Crippen molar-refractivity contribution in [2.24, 2.45) is 0 Å². The fraction of sp³-hybridized carbons (Fsp3) is 0.615. The summed E-state index contributed by atoms with van der Waals surface area (Å²) in [5.41, 5.74) is 4.87. The highest BCUT2D eigenvalue weighted by Gasteiger charge is 2.53. The maximum Gasteiger partial charge on any atom is 0.168 e. The molecule has 4 atom stereocenters. The van der Waals surface area contributed by atoms with Crippen LogP contribution in [0.25, 0.3) is 11.2 Å². The number of nitrogen functional groups attached to an aromatic ring is 1. The van der Waals surface area contributed by atoms with Gasteiger partial charge in [-0.25, -0.2) is 15.0 Å². The molecule has 0 aliphatic carbocycles. The number of hydrogen-bond donors (Lipinski definition) is 4. The lowest BCUT2D eigenvalue weighted by molar-refractivity contribution is -0.0950. The summed E-state index contributed by atoms with van der Waals surface area (Å²) < 4.78 is 6.97. The Bertz CT molecular complexity index is 665. The van der Waals surface area contributed by atoms with Crippen LogP contribution in [0.2, 0.25) is 13.1 Å².